The van der Waals surface area contributed by atoms with Crippen molar-refractivity contribution in [2.45, 2.75) is 6.61 Å². The molecule has 0 aliphatic rings. The predicted molar refractivity (Wildman–Crippen MR) is 111 cm³/mol. The number of aromatic hydroxyl groups is 1. The molecule has 0 saturated carbocycles. The highest BCUT2D eigenvalue weighted by atomic mass is 79.9. The van der Waals surface area contributed by atoms with Gasteiger partial charge < -0.3 is 9.84 Å². The summed E-state index contributed by atoms with van der Waals surface area (Å²) in [7, 11) is 0. The van der Waals surface area contributed by atoms with E-state index < -0.39 is 0 Å². The van der Waals surface area contributed by atoms with Crippen LogP contribution >= 0.6 is 31.9 Å². The van der Waals surface area contributed by atoms with Crippen LogP contribution in [-0.2, 0) is 6.61 Å². The van der Waals surface area contributed by atoms with Crippen molar-refractivity contribution in [3.05, 3.63) is 92.4 Å². The van der Waals surface area contributed by atoms with Crippen LogP contribution in [0.15, 0.2) is 75.7 Å². The highest BCUT2D eigenvalue weighted by Gasteiger charge is 2.03. The Morgan fingerprint density at radius 1 is 0.815 bits per heavy atom. The summed E-state index contributed by atoms with van der Waals surface area (Å²) in [4.78, 5) is 21.1. The number of carbonyl (C=O) groups excluding carboxylic acids is 2. The molecule has 138 valence electrons. The van der Waals surface area contributed by atoms with Crippen LogP contribution in [0.1, 0.15) is 26.3 Å². The van der Waals surface area contributed by atoms with Crippen LogP contribution in [0.4, 0.5) is 0 Å². The van der Waals surface area contributed by atoms with Crippen LogP contribution in [0.2, 0.25) is 0 Å². The molecular weight excluding hydrogens is 476 g/mol. The van der Waals surface area contributed by atoms with E-state index >= 15 is 0 Å². The van der Waals surface area contributed by atoms with Gasteiger partial charge in [0.25, 0.3) is 0 Å². The molecule has 0 amide bonds. The lowest BCUT2D eigenvalue weighted by atomic mass is 10.2. The Bertz CT molecular complexity index is 911. The summed E-state index contributed by atoms with van der Waals surface area (Å²) in [5.41, 5.74) is 1.93. The average molecular weight is 492 g/mol. The number of hydrogen-bond donors (Lipinski definition) is 1. The molecule has 0 unspecified atom stereocenters. The van der Waals surface area contributed by atoms with Crippen LogP contribution in [0.25, 0.3) is 0 Å². The SMILES string of the molecule is O=Cc1cc(Br)ccc1O.O=Cc1cc(Br)ccc1OCc1ccccc1. The van der Waals surface area contributed by atoms with Crippen LogP contribution in [0.3, 0.4) is 0 Å². The van der Waals surface area contributed by atoms with Gasteiger partial charge in [-0.3, -0.25) is 9.59 Å². The van der Waals surface area contributed by atoms with Gasteiger partial charge in [-0.25, -0.2) is 0 Å². The Morgan fingerprint density at radius 3 is 2.00 bits per heavy atom. The molecule has 0 aromatic heterocycles. The summed E-state index contributed by atoms with van der Waals surface area (Å²) >= 11 is 6.49. The van der Waals surface area contributed by atoms with Crippen molar-refractivity contribution in [3.8, 4) is 11.5 Å². The fourth-order valence-corrected chi connectivity index (χ4v) is 2.86. The van der Waals surface area contributed by atoms with E-state index in [0.717, 1.165) is 20.8 Å². The molecule has 0 aliphatic heterocycles. The van der Waals surface area contributed by atoms with Crippen LogP contribution in [-0.4, -0.2) is 17.7 Å². The summed E-state index contributed by atoms with van der Waals surface area (Å²) in [5.74, 6) is 0.616. The number of carbonyl (C=O) groups is 2. The second-order valence-electron chi connectivity index (χ2n) is 5.40. The Hall–Kier alpha value is -2.44. The minimum atomic E-state index is 0.0122. The zero-order valence-electron chi connectivity index (χ0n) is 14.1. The average Bonchev–Trinajstić information content (AvgIpc) is 2.70. The largest absolute Gasteiger partial charge is 0.507 e. The number of phenolic OH excluding ortho intramolecular Hbond substituents is 1. The molecule has 4 nitrogen and oxygen atoms in total. The number of rotatable bonds is 5. The topological polar surface area (TPSA) is 63.6 Å². The summed E-state index contributed by atoms with van der Waals surface area (Å²) in [5, 5.41) is 8.98. The summed E-state index contributed by atoms with van der Waals surface area (Å²) < 4.78 is 7.27. The van der Waals surface area contributed by atoms with Gasteiger partial charge in [0.15, 0.2) is 12.6 Å². The molecule has 1 N–H and O–H groups in total. The van der Waals surface area contributed by atoms with E-state index in [1.807, 2.05) is 36.4 Å². The summed E-state index contributed by atoms with van der Waals surface area (Å²) in [6, 6.07) is 19.9. The van der Waals surface area contributed by atoms with Crippen molar-refractivity contribution < 1.29 is 19.4 Å². The molecule has 0 fully saturated rings. The standard InChI is InChI=1S/C14H11BrO2.C7H5BrO2/c15-13-6-7-14(12(8-13)9-16)17-10-11-4-2-1-3-5-11;8-6-1-2-7(10)5(3-6)4-9/h1-9H,10H2;1-4,10H. The first kappa shape index (κ1) is 20.9. The number of halogens is 2. The monoisotopic (exact) mass is 490 g/mol. The highest BCUT2D eigenvalue weighted by Crippen LogP contribution is 2.22. The first-order valence-corrected chi connectivity index (χ1v) is 9.47. The Labute approximate surface area is 174 Å². The first-order valence-electron chi connectivity index (χ1n) is 7.88. The third kappa shape index (κ3) is 6.66. The quantitative estimate of drug-likeness (QED) is 0.457. The molecule has 3 rings (SSSR count). The van der Waals surface area contributed by atoms with E-state index in [2.05, 4.69) is 31.9 Å². The predicted octanol–water partition coefficient (Wildman–Crippen LogP) is 5.81. The lowest BCUT2D eigenvalue weighted by Crippen LogP contribution is -1.97. The molecule has 0 spiro atoms. The summed E-state index contributed by atoms with van der Waals surface area (Å²) in [6.45, 7) is 0.462. The van der Waals surface area contributed by atoms with Crippen LogP contribution in [0, 0.1) is 0 Å². The highest BCUT2D eigenvalue weighted by molar-refractivity contribution is 9.10. The molecule has 0 atom stereocenters. The van der Waals surface area contributed by atoms with Gasteiger partial charge in [0.05, 0.1) is 11.1 Å². The van der Waals surface area contributed by atoms with Gasteiger partial charge in [-0.05, 0) is 42.0 Å². The third-order valence-corrected chi connectivity index (χ3v) is 4.44. The van der Waals surface area contributed by atoms with Crippen molar-refractivity contribution in [2.24, 2.45) is 0 Å². The molecule has 0 saturated heterocycles. The Kier molecular flexibility index (Phi) is 8.23. The van der Waals surface area contributed by atoms with Gasteiger partial charge in [-0.1, -0.05) is 62.2 Å². The normalized spacial score (nSPS) is 9.70. The maximum absolute atomic E-state index is 10.9. The molecule has 3 aromatic rings. The minimum Gasteiger partial charge on any atom is -0.507 e. The molecule has 3 aromatic carbocycles. The second kappa shape index (κ2) is 10.6. The van der Waals surface area contributed by atoms with Gasteiger partial charge in [0.2, 0.25) is 0 Å². The molecule has 0 aliphatic carbocycles. The van der Waals surface area contributed by atoms with Crippen molar-refractivity contribution in [1.29, 1.82) is 0 Å². The summed E-state index contributed by atoms with van der Waals surface area (Å²) in [6.07, 6.45) is 1.41. The molecule has 0 heterocycles. The van der Waals surface area contributed by atoms with Gasteiger partial charge in [-0.15, -0.1) is 0 Å². The van der Waals surface area contributed by atoms with Gasteiger partial charge in [0, 0.05) is 8.95 Å². The Balaban J connectivity index is 0.000000223. The van der Waals surface area contributed by atoms with Crippen molar-refractivity contribution >= 4 is 44.4 Å². The smallest absolute Gasteiger partial charge is 0.153 e. The van der Waals surface area contributed by atoms with E-state index in [4.69, 9.17) is 9.84 Å². The van der Waals surface area contributed by atoms with Crippen LogP contribution < -0.4 is 4.74 Å². The Morgan fingerprint density at radius 2 is 1.41 bits per heavy atom. The lowest BCUT2D eigenvalue weighted by molar-refractivity contribution is 0.111. The van der Waals surface area contributed by atoms with Crippen LogP contribution in [0.5, 0.6) is 11.5 Å². The fraction of sp³-hybridized carbons (Fsp3) is 0.0476. The molecular formula is C21H16Br2O4. The van der Waals surface area contributed by atoms with E-state index in [1.165, 1.54) is 6.07 Å². The first-order chi connectivity index (χ1) is 13.0. The fourth-order valence-electron chi connectivity index (χ4n) is 2.10. The van der Waals surface area contributed by atoms with Crippen molar-refractivity contribution in [2.75, 3.05) is 0 Å². The lowest BCUT2D eigenvalue weighted by Gasteiger charge is -2.08. The zero-order valence-corrected chi connectivity index (χ0v) is 17.3. The minimum absolute atomic E-state index is 0.0122. The number of benzene rings is 3. The number of aldehydes is 2. The molecule has 0 radical (unpaired) electrons. The van der Waals surface area contributed by atoms with Crippen molar-refractivity contribution in [3.63, 3.8) is 0 Å². The van der Waals surface area contributed by atoms with E-state index in [-0.39, 0.29) is 5.75 Å². The van der Waals surface area contributed by atoms with Gasteiger partial charge in [0.1, 0.15) is 18.1 Å². The number of ether oxygens (including phenoxy) is 1. The molecule has 0 bridgehead atoms. The van der Waals surface area contributed by atoms with Gasteiger partial charge in [-0.2, -0.15) is 0 Å². The number of phenols is 1. The van der Waals surface area contributed by atoms with Crippen molar-refractivity contribution in [1.82, 2.24) is 0 Å². The maximum Gasteiger partial charge on any atom is 0.153 e. The second-order valence-corrected chi connectivity index (χ2v) is 7.23. The number of hydrogen-bond acceptors (Lipinski definition) is 4. The maximum atomic E-state index is 10.9. The van der Waals surface area contributed by atoms with E-state index in [1.54, 1.807) is 24.3 Å². The zero-order chi connectivity index (χ0) is 19.6. The molecule has 6 heteroatoms. The van der Waals surface area contributed by atoms with E-state index in [0.29, 0.717) is 29.8 Å². The molecule has 27 heavy (non-hydrogen) atoms. The van der Waals surface area contributed by atoms with Gasteiger partial charge >= 0.3 is 0 Å². The third-order valence-electron chi connectivity index (χ3n) is 3.45. The van der Waals surface area contributed by atoms with E-state index in [9.17, 15) is 9.59 Å².